The normalized spacial score (nSPS) is 25.5. The highest BCUT2D eigenvalue weighted by molar-refractivity contribution is 7.09. The maximum atomic E-state index is 13.1. The smallest absolute Gasteiger partial charge is 0.123 e. The Morgan fingerprint density at radius 2 is 1.96 bits per heavy atom. The van der Waals surface area contributed by atoms with Crippen molar-refractivity contribution >= 4 is 11.3 Å². The topological polar surface area (TPSA) is 48.8 Å². The number of ether oxygens (including phenoxy) is 1. The van der Waals surface area contributed by atoms with Crippen molar-refractivity contribution in [1.82, 2.24) is 14.8 Å². The lowest BCUT2D eigenvalue weighted by Gasteiger charge is -2.42. The van der Waals surface area contributed by atoms with Gasteiger partial charge in [0.1, 0.15) is 10.8 Å². The first-order chi connectivity index (χ1) is 12.7. The fraction of sp³-hybridized carbons (Fsp3) is 0.526. The number of piperidine rings is 1. The number of nitrogens with zero attached hydrogens (tertiary/aromatic N) is 3. The van der Waals surface area contributed by atoms with Crippen molar-refractivity contribution in [3.05, 3.63) is 40.5 Å². The number of aromatic nitrogens is 1. The van der Waals surface area contributed by atoms with E-state index in [1.807, 2.05) is 5.38 Å². The molecule has 4 rings (SSSR count). The van der Waals surface area contributed by atoms with E-state index in [0.717, 1.165) is 62.1 Å². The van der Waals surface area contributed by atoms with Crippen LogP contribution in [0.4, 0.5) is 4.39 Å². The quantitative estimate of drug-likeness (QED) is 0.885. The molecule has 26 heavy (non-hydrogen) atoms. The Labute approximate surface area is 157 Å². The van der Waals surface area contributed by atoms with Crippen LogP contribution in [0.3, 0.4) is 0 Å². The first-order valence-corrected chi connectivity index (χ1v) is 9.99. The molecule has 2 aromatic rings. The van der Waals surface area contributed by atoms with Crippen LogP contribution in [0.5, 0.6) is 0 Å². The summed E-state index contributed by atoms with van der Waals surface area (Å²) in [6.07, 6.45) is 0.635. The number of hydrogen-bond acceptors (Lipinski definition) is 6. The van der Waals surface area contributed by atoms with Crippen molar-refractivity contribution < 1.29 is 14.2 Å². The van der Waals surface area contributed by atoms with Gasteiger partial charge in [-0.05, 0) is 30.7 Å². The van der Waals surface area contributed by atoms with Gasteiger partial charge in [0.15, 0.2) is 0 Å². The number of aliphatic hydroxyl groups is 1. The van der Waals surface area contributed by atoms with E-state index in [9.17, 15) is 9.50 Å². The summed E-state index contributed by atoms with van der Waals surface area (Å²) in [5.41, 5.74) is 1.81. The molecule has 2 atom stereocenters. The Balaban J connectivity index is 1.34. The van der Waals surface area contributed by atoms with Crippen LogP contribution in [-0.4, -0.2) is 71.4 Å². The van der Waals surface area contributed by atoms with E-state index in [1.165, 1.54) is 12.1 Å². The highest BCUT2D eigenvalue weighted by Crippen LogP contribution is 2.25. The van der Waals surface area contributed by atoms with Gasteiger partial charge in [0, 0.05) is 43.2 Å². The van der Waals surface area contributed by atoms with Crippen LogP contribution in [0.15, 0.2) is 29.6 Å². The number of hydrogen-bond donors (Lipinski definition) is 1. The van der Waals surface area contributed by atoms with Gasteiger partial charge in [0.2, 0.25) is 0 Å². The van der Waals surface area contributed by atoms with E-state index in [2.05, 4.69) is 14.8 Å². The van der Waals surface area contributed by atoms with Crippen molar-refractivity contribution in [3.8, 4) is 11.3 Å². The zero-order chi connectivity index (χ0) is 17.9. The molecule has 140 valence electrons. The molecule has 1 aromatic heterocycles. The molecule has 0 aliphatic carbocycles. The average molecular weight is 377 g/mol. The van der Waals surface area contributed by atoms with Crippen LogP contribution in [0, 0.1) is 5.82 Å². The summed E-state index contributed by atoms with van der Waals surface area (Å²) in [6, 6.07) is 6.67. The summed E-state index contributed by atoms with van der Waals surface area (Å²) >= 11 is 1.62. The molecule has 5 nitrogen and oxygen atoms in total. The standard InChI is InChI=1S/C19H24FN3O2S/c20-15-3-1-14(2-4-15)16-13-26-19(21-16)12-22-6-5-17(18(24)11-22)23-7-9-25-10-8-23/h1-4,13,17-18,24H,5-12H2/t17-,18-/m1/s1. The van der Waals surface area contributed by atoms with Crippen LogP contribution in [0.25, 0.3) is 11.3 Å². The van der Waals surface area contributed by atoms with E-state index in [-0.39, 0.29) is 18.0 Å². The molecule has 1 aromatic carbocycles. The summed E-state index contributed by atoms with van der Waals surface area (Å²) in [7, 11) is 0. The maximum Gasteiger partial charge on any atom is 0.123 e. The number of likely N-dealkylation sites (tertiary alicyclic amines) is 1. The Morgan fingerprint density at radius 3 is 2.69 bits per heavy atom. The highest BCUT2D eigenvalue weighted by atomic mass is 32.1. The van der Waals surface area contributed by atoms with Gasteiger partial charge in [0.25, 0.3) is 0 Å². The zero-order valence-corrected chi connectivity index (χ0v) is 15.5. The molecule has 3 heterocycles. The first-order valence-electron chi connectivity index (χ1n) is 9.11. The SMILES string of the molecule is O[C@@H]1CN(Cc2nc(-c3ccc(F)cc3)cs2)CC[C@H]1N1CCOCC1. The van der Waals surface area contributed by atoms with Crippen LogP contribution < -0.4 is 0 Å². The second-order valence-electron chi connectivity index (χ2n) is 6.94. The Hall–Kier alpha value is -1.38. The molecular weight excluding hydrogens is 353 g/mol. The number of β-amino-alcohol motifs (C(OH)–C–C–N with tert-alkyl or cyclic N) is 1. The largest absolute Gasteiger partial charge is 0.390 e. The van der Waals surface area contributed by atoms with E-state index in [1.54, 1.807) is 23.5 Å². The van der Waals surface area contributed by atoms with Crippen molar-refractivity contribution in [2.45, 2.75) is 25.1 Å². The number of aliphatic hydroxyl groups excluding tert-OH is 1. The second-order valence-corrected chi connectivity index (χ2v) is 7.88. The number of halogens is 1. The van der Waals surface area contributed by atoms with Gasteiger partial charge < -0.3 is 9.84 Å². The molecule has 0 radical (unpaired) electrons. The molecule has 1 N–H and O–H groups in total. The second kappa shape index (κ2) is 8.10. The van der Waals surface area contributed by atoms with Gasteiger partial charge in [-0.2, -0.15) is 0 Å². The molecule has 2 fully saturated rings. The Morgan fingerprint density at radius 1 is 1.19 bits per heavy atom. The lowest BCUT2D eigenvalue weighted by molar-refractivity contribution is -0.0534. The molecule has 2 aliphatic rings. The summed E-state index contributed by atoms with van der Waals surface area (Å²) in [5, 5.41) is 13.6. The Bertz CT molecular complexity index is 718. The fourth-order valence-corrected chi connectivity index (χ4v) is 4.64. The van der Waals surface area contributed by atoms with Gasteiger partial charge >= 0.3 is 0 Å². The summed E-state index contributed by atoms with van der Waals surface area (Å²) in [4.78, 5) is 9.32. The lowest BCUT2D eigenvalue weighted by Crippen LogP contribution is -2.56. The molecule has 0 bridgehead atoms. The van der Waals surface area contributed by atoms with Crippen molar-refractivity contribution in [1.29, 1.82) is 0 Å². The minimum atomic E-state index is -0.335. The Kier molecular flexibility index (Phi) is 5.61. The van der Waals surface area contributed by atoms with Crippen LogP contribution in [0.1, 0.15) is 11.4 Å². The molecule has 7 heteroatoms. The maximum absolute atomic E-state index is 13.1. The van der Waals surface area contributed by atoms with Gasteiger partial charge in [0.05, 0.1) is 31.6 Å². The van der Waals surface area contributed by atoms with E-state index in [0.29, 0.717) is 6.54 Å². The van der Waals surface area contributed by atoms with Crippen LogP contribution in [-0.2, 0) is 11.3 Å². The van der Waals surface area contributed by atoms with Crippen molar-refractivity contribution in [2.24, 2.45) is 0 Å². The van der Waals surface area contributed by atoms with Gasteiger partial charge in [-0.25, -0.2) is 9.37 Å². The molecule has 2 aliphatic heterocycles. The molecule has 0 saturated carbocycles. The summed E-state index contributed by atoms with van der Waals surface area (Å²) < 4.78 is 18.5. The van der Waals surface area contributed by atoms with Crippen molar-refractivity contribution in [3.63, 3.8) is 0 Å². The van der Waals surface area contributed by atoms with E-state index < -0.39 is 0 Å². The van der Waals surface area contributed by atoms with E-state index in [4.69, 9.17) is 4.74 Å². The third-order valence-electron chi connectivity index (χ3n) is 5.20. The predicted molar refractivity (Wildman–Crippen MR) is 99.6 cm³/mol. The fourth-order valence-electron chi connectivity index (χ4n) is 3.79. The average Bonchev–Trinajstić information content (AvgIpc) is 3.11. The number of rotatable bonds is 4. The van der Waals surface area contributed by atoms with Crippen molar-refractivity contribution in [2.75, 3.05) is 39.4 Å². The number of benzene rings is 1. The molecule has 0 spiro atoms. The van der Waals surface area contributed by atoms with Crippen LogP contribution in [0.2, 0.25) is 0 Å². The van der Waals surface area contributed by atoms with Crippen LogP contribution >= 0.6 is 11.3 Å². The summed E-state index contributed by atoms with van der Waals surface area (Å²) in [6.45, 7) is 5.73. The zero-order valence-electron chi connectivity index (χ0n) is 14.7. The number of thiazole rings is 1. The third kappa shape index (κ3) is 4.13. The van der Waals surface area contributed by atoms with E-state index >= 15 is 0 Å². The first kappa shape index (κ1) is 18.0. The number of morpholine rings is 1. The molecular formula is C19H24FN3O2S. The molecule has 0 amide bonds. The van der Waals surface area contributed by atoms with Gasteiger partial charge in [-0.3, -0.25) is 9.80 Å². The van der Waals surface area contributed by atoms with Gasteiger partial charge in [-0.15, -0.1) is 11.3 Å². The highest BCUT2D eigenvalue weighted by Gasteiger charge is 2.33. The minimum Gasteiger partial charge on any atom is -0.390 e. The summed E-state index contributed by atoms with van der Waals surface area (Å²) in [5.74, 6) is -0.235. The predicted octanol–water partition coefficient (Wildman–Crippen LogP) is 2.22. The minimum absolute atomic E-state index is 0.235. The lowest BCUT2D eigenvalue weighted by atomic mass is 9.99. The monoisotopic (exact) mass is 377 g/mol. The molecule has 0 unspecified atom stereocenters. The molecule has 2 saturated heterocycles. The van der Waals surface area contributed by atoms with Gasteiger partial charge in [-0.1, -0.05) is 0 Å². The third-order valence-corrected chi connectivity index (χ3v) is 6.03.